The smallest absolute Gasteiger partial charge is 0.323 e. The maximum Gasteiger partial charge on any atom is 0.323 e. The Labute approximate surface area is 211 Å². The van der Waals surface area contributed by atoms with Crippen LogP contribution in [0, 0.1) is 29.2 Å². The highest BCUT2D eigenvalue weighted by atomic mass is 32.2. The van der Waals surface area contributed by atoms with Gasteiger partial charge in [0.25, 0.3) is 5.91 Å². The quantitative estimate of drug-likeness (QED) is 0.298. The van der Waals surface area contributed by atoms with Crippen molar-refractivity contribution < 1.29 is 40.3 Å². The molecule has 0 bridgehead atoms. The number of nitrogens with one attached hydrogen (secondary N) is 1. The van der Waals surface area contributed by atoms with E-state index < -0.39 is 67.9 Å². The van der Waals surface area contributed by atoms with Gasteiger partial charge in [0.05, 0.1) is 0 Å². The molecule has 0 unspecified atom stereocenters. The summed E-state index contributed by atoms with van der Waals surface area (Å²) in [5, 5.41) is 2.11. The molecule has 2 aromatic carbocycles. The molecule has 37 heavy (non-hydrogen) atoms. The van der Waals surface area contributed by atoms with Gasteiger partial charge < -0.3 is 15.8 Å². The molecule has 1 amide bonds. The number of carbonyl (C=O) groups excluding carboxylic acids is 2. The Morgan fingerprint density at radius 3 is 2.24 bits per heavy atom. The third kappa shape index (κ3) is 6.46. The molecule has 2 aromatic rings. The van der Waals surface area contributed by atoms with Crippen LogP contribution in [0.1, 0.15) is 43.5 Å². The Morgan fingerprint density at radius 2 is 1.68 bits per heavy atom. The van der Waals surface area contributed by atoms with E-state index in [0.717, 1.165) is 22.5 Å². The number of nitrogens with zero attached hydrogens (tertiary/aromatic N) is 1. The summed E-state index contributed by atoms with van der Waals surface area (Å²) in [5.74, 6) is -7.54. The molecule has 3 N–H and O–H groups in total. The molecular formula is C24H27F4N3O5S. The van der Waals surface area contributed by atoms with Gasteiger partial charge in [-0.3, -0.25) is 9.59 Å². The molecule has 1 aliphatic heterocycles. The zero-order chi connectivity index (χ0) is 27.5. The van der Waals surface area contributed by atoms with Crippen LogP contribution in [0.5, 0.6) is 0 Å². The van der Waals surface area contributed by atoms with Crippen LogP contribution < -0.4 is 11.1 Å². The van der Waals surface area contributed by atoms with Gasteiger partial charge in [-0.1, -0.05) is 20.3 Å². The van der Waals surface area contributed by atoms with Crippen LogP contribution in [0.15, 0.2) is 35.2 Å². The molecule has 1 saturated heterocycles. The lowest BCUT2D eigenvalue weighted by molar-refractivity contribution is -0.153. The molecule has 13 heteroatoms. The lowest BCUT2D eigenvalue weighted by Gasteiger charge is -2.32. The summed E-state index contributed by atoms with van der Waals surface area (Å²) in [6.07, 6.45) is 0.476. The summed E-state index contributed by atoms with van der Waals surface area (Å²) < 4.78 is 87.2. The first kappa shape index (κ1) is 28.5. The number of ether oxygens (including phenoxy) is 1. The van der Waals surface area contributed by atoms with Gasteiger partial charge in [-0.05, 0) is 37.0 Å². The van der Waals surface area contributed by atoms with E-state index in [2.05, 4.69) is 5.32 Å². The minimum atomic E-state index is -4.38. The van der Waals surface area contributed by atoms with Gasteiger partial charge in [0, 0.05) is 36.5 Å². The number of carbonyl (C=O) groups is 2. The van der Waals surface area contributed by atoms with Gasteiger partial charge in [0.1, 0.15) is 22.9 Å². The number of nitrogens with two attached hydrogens (primary N) is 1. The fraction of sp³-hybridized carbons (Fsp3) is 0.417. The number of hydrogen-bond acceptors (Lipinski definition) is 6. The second-order valence-corrected chi connectivity index (χ2v) is 10.7. The minimum absolute atomic E-state index is 0.0666. The molecule has 1 fully saturated rings. The first-order valence-corrected chi connectivity index (χ1v) is 13.0. The van der Waals surface area contributed by atoms with Crippen LogP contribution in [0.2, 0.25) is 0 Å². The van der Waals surface area contributed by atoms with E-state index in [1.165, 1.54) is 0 Å². The third-order valence-corrected chi connectivity index (χ3v) is 8.18. The van der Waals surface area contributed by atoms with Crippen molar-refractivity contribution in [2.45, 2.75) is 50.2 Å². The average molecular weight is 546 g/mol. The first-order valence-electron chi connectivity index (χ1n) is 11.6. The van der Waals surface area contributed by atoms with Gasteiger partial charge in [0.2, 0.25) is 10.0 Å². The summed E-state index contributed by atoms with van der Waals surface area (Å²) in [7, 11) is -4.38. The van der Waals surface area contributed by atoms with Gasteiger partial charge in [-0.15, -0.1) is 0 Å². The van der Waals surface area contributed by atoms with Crippen molar-refractivity contribution >= 4 is 27.6 Å². The fourth-order valence-electron chi connectivity index (χ4n) is 3.73. The highest BCUT2D eigenvalue weighted by molar-refractivity contribution is 7.89. The maximum absolute atomic E-state index is 14.5. The molecule has 0 radical (unpaired) electrons. The van der Waals surface area contributed by atoms with E-state index in [1.54, 1.807) is 0 Å². The van der Waals surface area contributed by atoms with Crippen LogP contribution in [0.25, 0.3) is 0 Å². The number of anilines is 1. The molecule has 0 aromatic heterocycles. The standard InChI is InChI=1S/C24H27F4N3O5S/c1-3-13(2)22(29)24(33)36-16-6-8-31(9-7-16)37(34,35)20-10-14(4-5-17(20)25)23(32)30-15-11-18(26)21(28)19(27)12-15/h4-5,10-13,16,22H,3,6-9,29H2,1-2H3,(H,30,32)/t13-,22-/m0/s1. The van der Waals surface area contributed by atoms with E-state index in [-0.39, 0.29) is 37.4 Å². The second-order valence-electron chi connectivity index (χ2n) is 8.80. The van der Waals surface area contributed by atoms with Crippen LogP contribution >= 0.6 is 0 Å². The molecule has 1 aliphatic rings. The summed E-state index contributed by atoms with van der Waals surface area (Å²) >= 11 is 0. The number of amides is 1. The third-order valence-electron chi connectivity index (χ3n) is 6.27. The van der Waals surface area contributed by atoms with Crippen molar-refractivity contribution in [1.82, 2.24) is 4.31 Å². The van der Waals surface area contributed by atoms with Gasteiger partial charge in [-0.2, -0.15) is 4.31 Å². The zero-order valence-electron chi connectivity index (χ0n) is 20.1. The van der Waals surface area contributed by atoms with Crippen LogP contribution in [-0.2, 0) is 19.6 Å². The SMILES string of the molecule is CC[C@H](C)[C@H](N)C(=O)OC1CCN(S(=O)(=O)c2cc(C(=O)Nc3cc(F)c(F)c(F)c3)ccc2F)CC1. The lowest BCUT2D eigenvalue weighted by Crippen LogP contribution is -2.44. The molecule has 3 rings (SSSR count). The molecule has 2 atom stereocenters. The van der Waals surface area contributed by atoms with Crippen molar-refractivity contribution in [3.63, 3.8) is 0 Å². The van der Waals surface area contributed by atoms with Crippen LogP contribution in [0.3, 0.4) is 0 Å². The Balaban J connectivity index is 1.71. The summed E-state index contributed by atoms with van der Waals surface area (Å²) in [4.78, 5) is 24.0. The maximum atomic E-state index is 14.5. The van der Waals surface area contributed by atoms with Gasteiger partial charge in [0.15, 0.2) is 17.5 Å². The number of halogens is 4. The van der Waals surface area contributed by atoms with Gasteiger partial charge in [-0.25, -0.2) is 26.0 Å². The van der Waals surface area contributed by atoms with Crippen LogP contribution in [-0.4, -0.2) is 49.8 Å². The monoisotopic (exact) mass is 545 g/mol. The molecular weight excluding hydrogens is 518 g/mol. The normalized spacial score (nSPS) is 16.7. The second kappa shape index (κ2) is 11.6. The number of sulfonamides is 1. The molecule has 1 heterocycles. The van der Waals surface area contributed by atoms with Crippen molar-refractivity contribution in [2.75, 3.05) is 18.4 Å². The highest BCUT2D eigenvalue weighted by Crippen LogP contribution is 2.26. The van der Waals surface area contributed by atoms with E-state index in [0.29, 0.717) is 18.6 Å². The molecule has 0 aliphatic carbocycles. The van der Waals surface area contributed by atoms with Crippen molar-refractivity contribution in [3.05, 3.63) is 59.2 Å². The van der Waals surface area contributed by atoms with Crippen molar-refractivity contribution in [2.24, 2.45) is 11.7 Å². The number of esters is 1. The fourth-order valence-corrected chi connectivity index (χ4v) is 5.29. The predicted molar refractivity (Wildman–Crippen MR) is 126 cm³/mol. The number of hydrogen-bond donors (Lipinski definition) is 2. The predicted octanol–water partition coefficient (Wildman–Crippen LogP) is 3.57. The van der Waals surface area contributed by atoms with E-state index >= 15 is 0 Å². The molecule has 0 spiro atoms. The largest absolute Gasteiger partial charge is 0.461 e. The highest BCUT2D eigenvalue weighted by Gasteiger charge is 2.34. The first-order chi connectivity index (χ1) is 17.3. The molecule has 8 nitrogen and oxygen atoms in total. The topological polar surface area (TPSA) is 119 Å². The number of piperidine rings is 1. The van der Waals surface area contributed by atoms with Gasteiger partial charge >= 0.3 is 5.97 Å². The number of benzene rings is 2. The lowest BCUT2D eigenvalue weighted by atomic mass is 10.00. The minimum Gasteiger partial charge on any atom is -0.461 e. The Morgan fingerprint density at radius 1 is 1.08 bits per heavy atom. The Kier molecular flexibility index (Phi) is 8.92. The number of rotatable bonds is 8. The summed E-state index contributed by atoms with van der Waals surface area (Å²) in [6, 6.07) is 2.87. The Bertz CT molecular complexity index is 1260. The van der Waals surface area contributed by atoms with E-state index in [1.807, 2.05) is 13.8 Å². The van der Waals surface area contributed by atoms with Crippen molar-refractivity contribution in [1.29, 1.82) is 0 Å². The molecule has 0 saturated carbocycles. The summed E-state index contributed by atoms with van der Waals surface area (Å²) in [6.45, 7) is 3.58. The van der Waals surface area contributed by atoms with E-state index in [4.69, 9.17) is 10.5 Å². The average Bonchev–Trinajstić information content (AvgIpc) is 2.86. The van der Waals surface area contributed by atoms with Crippen molar-refractivity contribution in [3.8, 4) is 0 Å². The Hall–Kier alpha value is -3.03. The van der Waals surface area contributed by atoms with E-state index in [9.17, 15) is 35.6 Å². The van der Waals surface area contributed by atoms with Crippen LogP contribution in [0.4, 0.5) is 23.2 Å². The zero-order valence-corrected chi connectivity index (χ0v) is 21.0. The molecule has 202 valence electrons. The summed E-state index contributed by atoms with van der Waals surface area (Å²) in [5.41, 5.74) is 5.15.